The SMILES string of the molecule is Cc1ccc(C(=O)O)cc1NC(=O)c1ccccc1C(=O)O. The summed E-state index contributed by atoms with van der Waals surface area (Å²) in [5, 5.41) is 20.6. The Hall–Kier alpha value is -3.15. The van der Waals surface area contributed by atoms with E-state index in [1.165, 1.54) is 30.3 Å². The number of carbonyl (C=O) groups is 3. The number of anilines is 1. The van der Waals surface area contributed by atoms with Gasteiger partial charge in [-0.1, -0.05) is 18.2 Å². The van der Waals surface area contributed by atoms with Gasteiger partial charge in [0.15, 0.2) is 0 Å². The summed E-state index contributed by atoms with van der Waals surface area (Å²) in [6.07, 6.45) is 0. The molecule has 0 aliphatic heterocycles. The van der Waals surface area contributed by atoms with Gasteiger partial charge in [-0.3, -0.25) is 4.79 Å². The van der Waals surface area contributed by atoms with E-state index >= 15 is 0 Å². The van der Waals surface area contributed by atoms with Crippen molar-refractivity contribution < 1.29 is 24.6 Å². The Morgan fingerprint density at radius 1 is 0.909 bits per heavy atom. The van der Waals surface area contributed by atoms with Gasteiger partial charge in [-0.15, -0.1) is 0 Å². The van der Waals surface area contributed by atoms with Crippen LogP contribution >= 0.6 is 0 Å². The van der Waals surface area contributed by atoms with Crippen molar-refractivity contribution in [2.75, 3.05) is 5.32 Å². The summed E-state index contributed by atoms with van der Waals surface area (Å²) in [4.78, 5) is 34.4. The fourth-order valence-electron chi connectivity index (χ4n) is 1.95. The van der Waals surface area contributed by atoms with Crippen LogP contribution in [0.15, 0.2) is 42.5 Å². The van der Waals surface area contributed by atoms with E-state index in [1.54, 1.807) is 19.1 Å². The van der Waals surface area contributed by atoms with Gasteiger partial charge in [0.1, 0.15) is 0 Å². The third-order valence-electron chi connectivity index (χ3n) is 3.13. The zero-order chi connectivity index (χ0) is 16.3. The third-order valence-corrected chi connectivity index (χ3v) is 3.13. The number of aromatic carboxylic acids is 2. The molecule has 2 rings (SSSR count). The maximum absolute atomic E-state index is 12.3. The van der Waals surface area contributed by atoms with Crippen LogP contribution in [0.2, 0.25) is 0 Å². The summed E-state index contributed by atoms with van der Waals surface area (Å²) in [5.41, 5.74) is 0.922. The lowest BCUT2D eigenvalue weighted by molar-refractivity contribution is 0.0685. The summed E-state index contributed by atoms with van der Waals surface area (Å²) < 4.78 is 0. The van der Waals surface area contributed by atoms with E-state index in [0.717, 1.165) is 0 Å². The van der Waals surface area contributed by atoms with Crippen LogP contribution in [0.1, 0.15) is 36.6 Å². The first-order valence-corrected chi connectivity index (χ1v) is 6.37. The quantitative estimate of drug-likeness (QED) is 0.805. The van der Waals surface area contributed by atoms with E-state index in [1.807, 2.05) is 0 Å². The van der Waals surface area contributed by atoms with E-state index in [2.05, 4.69) is 5.32 Å². The lowest BCUT2D eigenvalue weighted by atomic mass is 10.1. The van der Waals surface area contributed by atoms with Crippen molar-refractivity contribution in [1.29, 1.82) is 0 Å². The van der Waals surface area contributed by atoms with E-state index in [4.69, 9.17) is 10.2 Å². The second-order valence-corrected chi connectivity index (χ2v) is 4.64. The van der Waals surface area contributed by atoms with Crippen molar-refractivity contribution in [2.24, 2.45) is 0 Å². The molecule has 0 aliphatic carbocycles. The summed E-state index contributed by atoms with van der Waals surface area (Å²) in [6.45, 7) is 1.71. The number of hydrogen-bond donors (Lipinski definition) is 3. The van der Waals surface area contributed by atoms with Gasteiger partial charge in [-0.05, 0) is 36.8 Å². The molecule has 0 atom stereocenters. The number of benzene rings is 2. The van der Waals surface area contributed by atoms with Gasteiger partial charge < -0.3 is 15.5 Å². The number of carbonyl (C=O) groups excluding carboxylic acids is 1. The monoisotopic (exact) mass is 299 g/mol. The first-order chi connectivity index (χ1) is 10.4. The van der Waals surface area contributed by atoms with Gasteiger partial charge in [0.2, 0.25) is 0 Å². The number of nitrogens with one attached hydrogen (secondary N) is 1. The fourth-order valence-corrected chi connectivity index (χ4v) is 1.95. The maximum atomic E-state index is 12.3. The number of amides is 1. The Balaban J connectivity index is 2.36. The Morgan fingerprint density at radius 3 is 2.14 bits per heavy atom. The molecule has 2 aromatic carbocycles. The maximum Gasteiger partial charge on any atom is 0.336 e. The predicted octanol–water partition coefficient (Wildman–Crippen LogP) is 2.64. The van der Waals surface area contributed by atoms with Gasteiger partial charge in [0.05, 0.1) is 16.7 Å². The molecule has 2 aromatic rings. The molecule has 0 aromatic heterocycles. The molecule has 0 aliphatic rings. The topological polar surface area (TPSA) is 104 Å². The third kappa shape index (κ3) is 3.12. The Morgan fingerprint density at radius 2 is 1.55 bits per heavy atom. The molecule has 0 spiro atoms. The minimum absolute atomic E-state index is 0.00938. The van der Waals surface area contributed by atoms with Crippen LogP contribution in [0, 0.1) is 6.92 Å². The van der Waals surface area contributed by atoms with E-state index in [9.17, 15) is 14.4 Å². The van der Waals surface area contributed by atoms with Crippen LogP contribution < -0.4 is 5.32 Å². The van der Waals surface area contributed by atoms with Crippen LogP contribution in [0.5, 0.6) is 0 Å². The molecular weight excluding hydrogens is 286 g/mol. The average molecular weight is 299 g/mol. The normalized spacial score (nSPS) is 10.0. The fraction of sp³-hybridized carbons (Fsp3) is 0.0625. The van der Waals surface area contributed by atoms with Gasteiger partial charge in [-0.25, -0.2) is 9.59 Å². The molecule has 0 fully saturated rings. The summed E-state index contributed by atoms with van der Waals surface area (Å²) in [7, 11) is 0. The number of hydrogen-bond acceptors (Lipinski definition) is 3. The van der Waals surface area contributed by atoms with Crippen molar-refractivity contribution in [3.05, 3.63) is 64.7 Å². The minimum Gasteiger partial charge on any atom is -0.478 e. The van der Waals surface area contributed by atoms with Crippen LogP contribution in [-0.2, 0) is 0 Å². The molecule has 6 nitrogen and oxygen atoms in total. The molecule has 0 heterocycles. The van der Waals surface area contributed by atoms with Gasteiger partial charge in [-0.2, -0.15) is 0 Å². The molecular formula is C16H13NO5. The van der Waals surface area contributed by atoms with Gasteiger partial charge >= 0.3 is 11.9 Å². The Kier molecular flexibility index (Phi) is 4.22. The highest BCUT2D eigenvalue weighted by Crippen LogP contribution is 2.19. The first-order valence-electron chi connectivity index (χ1n) is 6.37. The van der Waals surface area contributed by atoms with Crippen LogP contribution in [0.4, 0.5) is 5.69 Å². The highest BCUT2D eigenvalue weighted by Gasteiger charge is 2.17. The molecule has 0 bridgehead atoms. The standard InChI is InChI=1S/C16H13NO5/c1-9-6-7-10(15(19)20)8-13(9)17-14(18)11-4-2-3-5-12(11)16(21)22/h2-8H,1H3,(H,17,18)(H,19,20)(H,21,22). The minimum atomic E-state index is -1.21. The first kappa shape index (κ1) is 15.2. The molecule has 0 saturated carbocycles. The number of aryl methyl sites for hydroxylation is 1. The van der Waals surface area contributed by atoms with E-state index in [0.29, 0.717) is 11.3 Å². The summed E-state index contributed by atoms with van der Waals surface area (Å²) >= 11 is 0. The number of carboxylic acids is 2. The molecule has 1 amide bonds. The Bertz CT molecular complexity index is 767. The molecule has 0 radical (unpaired) electrons. The lowest BCUT2D eigenvalue weighted by Gasteiger charge is -2.10. The van der Waals surface area contributed by atoms with Crippen LogP contribution in [0.3, 0.4) is 0 Å². The van der Waals surface area contributed by atoms with Crippen molar-refractivity contribution >= 4 is 23.5 Å². The highest BCUT2D eigenvalue weighted by atomic mass is 16.4. The molecule has 0 saturated heterocycles. The second kappa shape index (κ2) is 6.09. The van der Waals surface area contributed by atoms with Crippen LogP contribution in [0.25, 0.3) is 0 Å². The highest BCUT2D eigenvalue weighted by molar-refractivity contribution is 6.11. The van der Waals surface area contributed by atoms with Crippen molar-refractivity contribution in [3.8, 4) is 0 Å². The summed E-state index contributed by atoms with van der Waals surface area (Å²) in [6, 6.07) is 10.1. The second-order valence-electron chi connectivity index (χ2n) is 4.64. The van der Waals surface area contributed by atoms with Gasteiger partial charge in [0, 0.05) is 5.69 Å². The zero-order valence-corrected chi connectivity index (χ0v) is 11.7. The Labute approximate surface area is 126 Å². The van der Waals surface area contributed by atoms with Crippen molar-refractivity contribution in [2.45, 2.75) is 6.92 Å². The average Bonchev–Trinajstić information content (AvgIpc) is 2.49. The molecule has 0 unspecified atom stereocenters. The van der Waals surface area contributed by atoms with Gasteiger partial charge in [0.25, 0.3) is 5.91 Å². The van der Waals surface area contributed by atoms with Crippen LogP contribution in [-0.4, -0.2) is 28.1 Å². The van der Waals surface area contributed by atoms with Crippen molar-refractivity contribution in [1.82, 2.24) is 0 Å². The predicted molar refractivity (Wildman–Crippen MR) is 79.5 cm³/mol. The molecule has 3 N–H and O–H groups in total. The van der Waals surface area contributed by atoms with Crippen molar-refractivity contribution in [3.63, 3.8) is 0 Å². The molecule has 112 valence electrons. The lowest BCUT2D eigenvalue weighted by Crippen LogP contribution is -2.17. The number of carboxylic acid groups (broad SMARTS) is 2. The largest absolute Gasteiger partial charge is 0.478 e. The smallest absolute Gasteiger partial charge is 0.336 e. The molecule has 6 heteroatoms. The van der Waals surface area contributed by atoms with E-state index in [-0.39, 0.29) is 16.7 Å². The molecule has 22 heavy (non-hydrogen) atoms. The zero-order valence-electron chi connectivity index (χ0n) is 11.7. The summed E-state index contributed by atoms with van der Waals surface area (Å²) in [5.74, 6) is -2.92. The number of rotatable bonds is 4. The van der Waals surface area contributed by atoms with E-state index < -0.39 is 17.8 Å².